The lowest BCUT2D eigenvalue weighted by Gasteiger charge is -2.32. The molecule has 2 aliphatic carbocycles. The highest BCUT2D eigenvalue weighted by molar-refractivity contribution is 6.40. The van der Waals surface area contributed by atoms with E-state index in [1.807, 2.05) is 19.1 Å². The first-order valence-corrected chi connectivity index (χ1v) is 15.5. The number of benzene rings is 1. The number of esters is 2. The van der Waals surface area contributed by atoms with Gasteiger partial charge in [0.2, 0.25) is 5.88 Å². The smallest absolute Gasteiger partial charge is 0.359 e. The predicted octanol–water partition coefficient (Wildman–Crippen LogP) is 3.98. The molecule has 1 aromatic carbocycles. The van der Waals surface area contributed by atoms with Gasteiger partial charge >= 0.3 is 11.9 Å². The quantitative estimate of drug-likeness (QED) is 0.150. The van der Waals surface area contributed by atoms with Gasteiger partial charge in [0.15, 0.2) is 17.2 Å². The van der Waals surface area contributed by atoms with Crippen molar-refractivity contribution in [3.63, 3.8) is 0 Å². The summed E-state index contributed by atoms with van der Waals surface area (Å²) >= 11 is 0. The molecule has 11 nitrogen and oxygen atoms in total. The molecule has 0 bridgehead atoms. The lowest BCUT2D eigenvalue weighted by Crippen LogP contribution is -2.31. The van der Waals surface area contributed by atoms with E-state index in [1.165, 1.54) is 14.2 Å². The number of unbranched alkanes of at least 4 members (excludes halogenated alkanes) is 2. The van der Waals surface area contributed by atoms with Crippen LogP contribution in [0.25, 0.3) is 5.57 Å². The minimum Gasteiger partial charge on any atom is -0.871 e. The summed E-state index contributed by atoms with van der Waals surface area (Å²) in [4.78, 5) is 38.9. The molecule has 0 amide bonds. The molecule has 4 rings (SSSR count). The van der Waals surface area contributed by atoms with E-state index in [0.717, 1.165) is 54.7 Å². The molecule has 0 atom stereocenters. The van der Waals surface area contributed by atoms with Gasteiger partial charge in [0.1, 0.15) is 32.1 Å². The highest BCUT2D eigenvalue weighted by Crippen LogP contribution is 2.43. The Morgan fingerprint density at radius 3 is 2.24 bits per heavy atom. The van der Waals surface area contributed by atoms with Crippen LogP contribution in [0.15, 0.2) is 58.9 Å². The van der Waals surface area contributed by atoms with Crippen LogP contribution in [0, 0.1) is 6.92 Å². The standard InChI is InChI=1S/C35H41N3O8/c1-7-9-15-38(16-10-8-2)23-12-14-25(22(4)19-23)27-31(39)29(32(27)40)28-30(36-37(5)33(28)41)35(43)46-18-17-45-34(42)26-20-24(44-6)13-11-21(26)3/h11-14,19-20H,7-10,15-18H2,1-6H3,(H,39,40). The molecule has 46 heavy (non-hydrogen) atoms. The second-order valence-corrected chi connectivity index (χ2v) is 11.2. The van der Waals surface area contributed by atoms with Crippen molar-refractivity contribution in [3.05, 3.63) is 81.3 Å². The van der Waals surface area contributed by atoms with E-state index < -0.39 is 29.4 Å². The van der Waals surface area contributed by atoms with Crippen molar-refractivity contribution in [1.29, 1.82) is 0 Å². The second-order valence-electron chi connectivity index (χ2n) is 11.2. The fourth-order valence-electron chi connectivity index (χ4n) is 5.31. The van der Waals surface area contributed by atoms with Gasteiger partial charge < -0.3 is 24.4 Å². The number of methoxy groups -OCH3 is 1. The Bertz CT molecular complexity index is 1690. The number of aromatic hydroxyl groups is 1. The molecule has 11 heteroatoms. The number of allylic oxidation sites excluding steroid dienone is 7. The zero-order valence-corrected chi connectivity index (χ0v) is 27.3. The fourth-order valence-corrected chi connectivity index (χ4v) is 5.31. The van der Waals surface area contributed by atoms with Gasteiger partial charge in [0, 0.05) is 43.2 Å². The summed E-state index contributed by atoms with van der Waals surface area (Å²) in [6, 6.07) is 4.99. The van der Waals surface area contributed by atoms with Crippen molar-refractivity contribution in [3.8, 4) is 11.6 Å². The molecule has 244 valence electrons. The van der Waals surface area contributed by atoms with Gasteiger partial charge in [0.25, 0.3) is 0 Å². The van der Waals surface area contributed by atoms with Crippen LogP contribution in [0.5, 0.6) is 11.6 Å². The van der Waals surface area contributed by atoms with Gasteiger partial charge in [-0.3, -0.25) is 4.79 Å². The molecule has 0 aliphatic heterocycles. The van der Waals surface area contributed by atoms with Crippen LogP contribution in [-0.4, -0.2) is 76.3 Å². The Balaban J connectivity index is 1.52. The second kappa shape index (κ2) is 14.9. The number of ether oxygens (including phenoxy) is 3. The molecule has 1 N–H and O–H groups in total. The van der Waals surface area contributed by atoms with E-state index in [9.17, 15) is 24.6 Å². The molecule has 0 spiro atoms. The summed E-state index contributed by atoms with van der Waals surface area (Å²) in [6.07, 6.45) is 9.96. The minimum atomic E-state index is -0.985. The molecule has 0 saturated carbocycles. The van der Waals surface area contributed by atoms with Gasteiger partial charge in [-0.2, -0.15) is 5.10 Å². The first-order valence-electron chi connectivity index (χ1n) is 15.5. The van der Waals surface area contributed by atoms with E-state index >= 15 is 0 Å². The molecular formula is C35H41N3O8. The average molecular weight is 632 g/mol. The highest BCUT2D eigenvalue weighted by atomic mass is 16.6. The number of hydrogen-bond acceptors (Lipinski definition) is 9. The van der Waals surface area contributed by atoms with Crippen LogP contribution in [0.1, 0.15) is 78.4 Å². The summed E-state index contributed by atoms with van der Waals surface area (Å²) < 4.78 is 18.9. The Morgan fingerprint density at radius 2 is 1.65 bits per heavy atom. The molecule has 1 heterocycles. The van der Waals surface area contributed by atoms with Crippen molar-refractivity contribution >= 4 is 29.0 Å². The highest BCUT2D eigenvalue weighted by Gasteiger charge is 2.38. The van der Waals surface area contributed by atoms with Gasteiger partial charge in [-0.1, -0.05) is 38.5 Å². The van der Waals surface area contributed by atoms with E-state index in [4.69, 9.17) is 14.2 Å². The maximum Gasteiger partial charge on any atom is 0.359 e. The normalized spacial score (nSPS) is 15.9. The van der Waals surface area contributed by atoms with Crippen LogP contribution in [0.4, 0.5) is 0 Å². The zero-order valence-electron chi connectivity index (χ0n) is 27.3. The summed E-state index contributed by atoms with van der Waals surface area (Å²) in [5, 5.41) is 28.1. The Morgan fingerprint density at radius 1 is 1.00 bits per heavy atom. The average Bonchev–Trinajstić information content (AvgIpc) is 3.33. The number of nitrogens with zero attached hydrogens (tertiary/aromatic N) is 3. The first kappa shape index (κ1) is 34.0. The number of hydrogen-bond donors (Lipinski definition) is 1. The first-order chi connectivity index (χ1) is 22.0. The summed E-state index contributed by atoms with van der Waals surface area (Å²) in [5.41, 5.74) is 2.31. The van der Waals surface area contributed by atoms with E-state index in [1.54, 1.807) is 31.2 Å². The number of rotatable bonds is 13. The monoisotopic (exact) mass is 631 g/mol. The maximum atomic E-state index is 13.4. The van der Waals surface area contributed by atoms with Crippen LogP contribution in [0.2, 0.25) is 0 Å². The molecule has 0 radical (unpaired) electrons. The van der Waals surface area contributed by atoms with Crippen molar-refractivity contribution < 1.29 is 43.4 Å². The number of carbonyl (C=O) groups is 3. The molecular weight excluding hydrogens is 590 g/mol. The maximum absolute atomic E-state index is 13.4. The Kier molecular flexibility index (Phi) is 11.0. The Hall–Kier alpha value is -4.93. The summed E-state index contributed by atoms with van der Waals surface area (Å²) in [7, 11) is 2.86. The third-order valence-electron chi connectivity index (χ3n) is 7.99. The van der Waals surface area contributed by atoms with Crippen LogP contribution < -0.4 is 9.84 Å². The van der Waals surface area contributed by atoms with Gasteiger partial charge in [0.05, 0.1) is 18.2 Å². The topological polar surface area (TPSA) is 143 Å². The number of aromatic nitrogens is 2. The van der Waals surface area contributed by atoms with Gasteiger partial charge in [-0.15, -0.1) is 0 Å². The molecule has 0 saturated heterocycles. The fraction of sp³-hybridized carbons (Fsp3) is 0.400. The molecule has 1 aromatic heterocycles. The third kappa shape index (κ3) is 6.98. The van der Waals surface area contributed by atoms with Crippen molar-refractivity contribution in [1.82, 2.24) is 9.78 Å². The van der Waals surface area contributed by atoms with Gasteiger partial charge in [-0.05, 0) is 48.8 Å². The lowest BCUT2D eigenvalue weighted by molar-refractivity contribution is -0.527. The number of aryl methyl sites for hydroxylation is 2. The van der Waals surface area contributed by atoms with Crippen molar-refractivity contribution in [2.75, 3.05) is 33.4 Å². The molecule has 0 fully saturated rings. The third-order valence-corrected chi connectivity index (χ3v) is 7.99. The SMILES string of the molecule is CCCC[N+](CCCC)=C1C=C/C(=C2\C(=O)C(c3c(C(=O)OCCOC(=O)c4cc(OC)ccc4C)nn(C)c3O)=C2[O-])C(C)=C1. The van der Waals surface area contributed by atoms with Crippen LogP contribution in [-0.2, 0) is 21.3 Å². The number of ketones is 1. The van der Waals surface area contributed by atoms with Gasteiger partial charge in [-0.25, -0.2) is 18.8 Å². The Labute approximate surface area is 268 Å². The van der Waals surface area contributed by atoms with E-state index in [0.29, 0.717) is 22.4 Å². The number of carbonyl (C=O) groups excluding carboxylic acids is 3. The van der Waals surface area contributed by atoms with E-state index in [2.05, 4.69) is 23.5 Å². The largest absolute Gasteiger partial charge is 0.871 e. The minimum absolute atomic E-state index is 0.00460. The summed E-state index contributed by atoms with van der Waals surface area (Å²) in [6.45, 7) is 9.17. The number of Topliss-reactive ketones (excluding diaryl/α,β-unsaturated/α-hetero) is 1. The molecule has 2 aromatic rings. The van der Waals surface area contributed by atoms with Crippen molar-refractivity contribution in [2.24, 2.45) is 7.05 Å². The van der Waals surface area contributed by atoms with Crippen molar-refractivity contribution in [2.45, 2.75) is 53.4 Å². The van der Waals surface area contributed by atoms with Crippen LogP contribution >= 0.6 is 0 Å². The molecule has 2 aliphatic rings. The van der Waals surface area contributed by atoms with Crippen LogP contribution in [0.3, 0.4) is 0 Å². The predicted molar refractivity (Wildman–Crippen MR) is 170 cm³/mol. The summed E-state index contributed by atoms with van der Waals surface area (Å²) in [5.74, 6) is -2.80. The molecule has 0 unspecified atom stereocenters. The lowest BCUT2D eigenvalue weighted by atomic mass is 9.78. The van der Waals surface area contributed by atoms with E-state index in [-0.39, 0.29) is 35.6 Å². The zero-order chi connectivity index (χ0) is 33.5.